The Morgan fingerprint density at radius 1 is 1.07 bits per heavy atom. The van der Waals surface area contributed by atoms with Crippen molar-refractivity contribution in [1.82, 2.24) is 5.43 Å². The van der Waals surface area contributed by atoms with Gasteiger partial charge in [-0.1, -0.05) is 29.8 Å². The summed E-state index contributed by atoms with van der Waals surface area (Å²) in [7, 11) is 0. The van der Waals surface area contributed by atoms with Gasteiger partial charge in [-0.3, -0.25) is 4.79 Å². The Bertz CT molecular complexity index is 1050. The molecule has 0 saturated carbocycles. The average molecular weight is 409 g/mol. The SMILES string of the molecule is O=C(NN=Cc1ccc(OCc2ccccc2Cl)cc1)c1ccc2c(c1)OCO2. The van der Waals surface area contributed by atoms with E-state index in [0.717, 1.165) is 11.1 Å². The van der Waals surface area contributed by atoms with Gasteiger partial charge in [-0.05, 0) is 54.1 Å². The van der Waals surface area contributed by atoms with Gasteiger partial charge < -0.3 is 14.2 Å². The van der Waals surface area contributed by atoms with Crippen LogP contribution in [0.25, 0.3) is 0 Å². The minimum Gasteiger partial charge on any atom is -0.489 e. The smallest absolute Gasteiger partial charge is 0.271 e. The van der Waals surface area contributed by atoms with Crippen LogP contribution in [0.4, 0.5) is 0 Å². The predicted molar refractivity (Wildman–Crippen MR) is 110 cm³/mol. The Labute approximate surface area is 172 Å². The third kappa shape index (κ3) is 4.67. The molecule has 0 bridgehead atoms. The molecule has 0 radical (unpaired) electrons. The zero-order valence-electron chi connectivity index (χ0n) is 15.3. The molecule has 146 valence electrons. The number of hydrogen-bond donors (Lipinski definition) is 1. The summed E-state index contributed by atoms with van der Waals surface area (Å²) in [6.45, 7) is 0.551. The fourth-order valence-corrected chi connectivity index (χ4v) is 2.88. The Balaban J connectivity index is 1.31. The van der Waals surface area contributed by atoms with Gasteiger partial charge in [-0.2, -0.15) is 5.10 Å². The Hall–Kier alpha value is -3.51. The number of rotatable bonds is 6. The molecule has 1 heterocycles. The molecule has 3 aromatic rings. The second-order valence-electron chi connectivity index (χ2n) is 6.22. The number of benzene rings is 3. The third-order valence-electron chi connectivity index (χ3n) is 4.25. The van der Waals surface area contributed by atoms with Gasteiger partial charge in [0.1, 0.15) is 12.4 Å². The number of hydrogen-bond acceptors (Lipinski definition) is 5. The highest BCUT2D eigenvalue weighted by molar-refractivity contribution is 6.31. The highest BCUT2D eigenvalue weighted by atomic mass is 35.5. The summed E-state index contributed by atoms with van der Waals surface area (Å²) >= 11 is 6.13. The minimum atomic E-state index is -0.334. The second-order valence-corrected chi connectivity index (χ2v) is 6.62. The molecule has 7 heteroatoms. The monoisotopic (exact) mass is 408 g/mol. The van der Waals surface area contributed by atoms with Gasteiger partial charge in [0.2, 0.25) is 6.79 Å². The molecule has 1 N–H and O–H groups in total. The van der Waals surface area contributed by atoms with Crippen molar-refractivity contribution < 1.29 is 19.0 Å². The molecule has 0 atom stereocenters. The summed E-state index contributed by atoms with van der Waals surface area (Å²) in [6.07, 6.45) is 1.56. The fourth-order valence-electron chi connectivity index (χ4n) is 2.69. The van der Waals surface area contributed by atoms with Crippen molar-refractivity contribution in [3.63, 3.8) is 0 Å². The summed E-state index contributed by atoms with van der Waals surface area (Å²) in [6, 6.07) is 19.9. The standard InChI is InChI=1S/C22H17ClN2O4/c23-19-4-2-1-3-17(19)13-27-18-8-5-15(6-9-18)12-24-25-22(26)16-7-10-20-21(11-16)29-14-28-20/h1-12H,13-14H2,(H,25,26). The van der Waals surface area contributed by atoms with Crippen LogP contribution < -0.4 is 19.6 Å². The van der Waals surface area contributed by atoms with E-state index < -0.39 is 0 Å². The number of carbonyl (C=O) groups is 1. The van der Waals surface area contributed by atoms with Crippen LogP contribution in [0.15, 0.2) is 71.8 Å². The van der Waals surface area contributed by atoms with Crippen LogP contribution in [0.3, 0.4) is 0 Å². The minimum absolute atomic E-state index is 0.163. The van der Waals surface area contributed by atoms with Crippen LogP contribution in [-0.4, -0.2) is 18.9 Å². The van der Waals surface area contributed by atoms with Crippen molar-refractivity contribution in [3.8, 4) is 17.2 Å². The van der Waals surface area contributed by atoms with E-state index >= 15 is 0 Å². The van der Waals surface area contributed by atoms with Crippen LogP contribution in [0.2, 0.25) is 5.02 Å². The maximum absolute atomic E-state index is 12.2. The summed E-state index contributed by atoms with van der Waals surface area (Å²) in [5, 5.41) is 4.67. The van der Waals surface area contributed by atoms with Crippen molar-refractivity contribution in [1.29, 1.82) is 0 Å². The first kappa shape index (κ1) is 18.8. The van der Waals surface area contributed by atoms with Crippen LogP contribution in [-0.2, 0) is 6.61 Å². The van der Waals surface area contributed by atoms with Crippen molar-refractivity contribution in [2.24, 2.45) is 5.10 Å². The van der Waals surface area contributed by atoms with E-state index in [9.17, 15) is 4.79 Å². The van der Waals surface area contributed by atoms with Crippen molar-refractivity contribution in [2.75, 3.05) is 6.79 Å². The lowest BCUT2D eigenvalue weighted by Gasteiger charge is -2.07. The predicted octanol–water partition coefficient (Wildman–Crippen LogP) is 4.41. The number of carbonyl (C=O) groups excluding carboxylic acids is 1. The molecular formula is C22H17ClN2O4. The number of amides is 1. The lowest BCUT2D eigenvalue weighted by atomic mass is 10.2. The number of nitrogens with zero attached hydrogens (tertiary/aromatic N) is 1. The van der Waals surface area contributed by atoms with E-state index in [2.05, 4.69) is 10.5 Å². The van der Waals surface area contributed by atoms with E-state index in [1.807, 2.05) is 48.5 Å². The molecule has 0 spiro atoms. The maximum Gasteiger partial charge on any atom is 0.271 e. The van der Waals surface area contributed by atoms with Gasteiger partial charge in [0.25, 0.3) is 5.91 Å². The quantitative estimate of drug-likeness (QED) is 0.484. The van der Waals surface area contributed by atoms with Gasteiger partial charge in [-0.25, -0.2) is 5.43 Å². The molecular weight excluding hydrogens is 392 g/mol. The topological polar surface area (TPSA) is 69.2 Å². The number of hydrazone groups is 1. The molecule has 4 rings (SSSR count). The number of nitrogens with one attached hydrogen (secondary N) is 1. The normalized spacial score (nSPS) is 12.2. The maximum atomic E-state index is 12.2. The lowest BCUT2D eigenvalue weighted by molar-refractivity contribution is 0.0954. The van der Waals surface area contributed by atoms with E-state index in [4.69, 9.17) is 25.8 Å². The molecule has 0 fully saturated rings. The first-order valence-electron chi connectivity index (χ1n) is 8.88. The van der Waals surface area contributed by atoms with Crippen molar-refractivity contribution >= 4 is 23.7 Å². The van der Waals surface area contributed by atoms with E-state index in [1.165, 1.54) is 0 Å². The highest BCUT2D eigenvalue weighted by Gasteiger charge is 2.15. The molecule has 1 aliphatic rings. The highest BCUT2D eigenvalue weighted by Crippen LogP contribution is 2.32. The van der Waals surface area contributed by atoms with Crippen molar-refractivity contribution in [2.45, 2.75) is 6.61 Å². The molecule has 1 amide bonds. The molecule has 1 aliphatic heterocycles. The zero-order chi connectivity index (χ0) is 20.1. The largest absolute Gasteiger partial charge is 0.489 e. The van der Waals surface area contributed by atoms with Gasteiger partial charge in [0, 0.05) is 16.1 Å². The van der Waals surface area contributed by atoms with Gasteiger partial charge >= 0.3 is 0 Å². The molecule has 0 aliphatic carbocycles. The van der Waals surface area contributed by atoms with Gasteiger partial charge in [0.15, 0.2) is 11.5 Å². The van der Waals surface area contributed by atoms with Gasteiger partial charge in [0.05, 0.1) is 6.21 Å². The van der Waals surface area contributed by atoms with Crippen LogP contribution in [0, 0.1) is 0 Å². The summed E-state index contributed by atoms with van der Waals surface area (Å²) in [5.41, 5.74) is 4.68. The number of fused-ring (bicyclic) bond motifs is 1. The molecule has 0 aromatic heterocycles. The molecule has 29 heavy (non-hydrogen) atoms. The van der Waals surface area contributed by atoms with Crippen LogP contribution in [0.1, 0.15) is 21.5 Å². The van der Waals surface area contributed by atoms with Crippen molar-refractivity contribution in [3.05, 3.63) is 88.4 Å². The first-order chi connectivity index (χ1) is 14.2. The first-order valence-corrected chi connectivity index (χ1v) is 9.26. The Morgan fingerprint density at radius 3 is 2.69 bits per heavy atom. The fraction of sp³-hybridized carbons (Fsp3) is 0.0909. The van der Waals surface area contributed by atoms with E-state index in [1.54, 1.807) is 24.4 Å². The molecule has 3 aromatic carbocycles. The van der Waals surface area contributed by atoms with E-state index in [-0.39, 0.29) is 12.7 Å². The molecule has 0 saturated heterocycles. The molecule has 6 nitrogen and oxygen atoms in total. The summed E-state index contributed by atoms with van der Waals surface area (Å²) in [4.78, 5) is 12.2. The Kier molecular flexibility index (Phi) is 5.63. The summed E-state index contributed by atoms with van der Waals surface area (Å²) in [5.74, 6) is 1.56. The second kappa shape index (κ2) is 8.67. The van der Waals surface area contributed by atoms with E-state index in [0.29, 0.717) is 34.4 Å². The van der Waals surface area contributed by atoms with Gasteiger partial charge in [-0.15, -0.1) is 0 Å². The Morgan fingerprint density at radius 2 is 1.86 bits per heavy atom. The zero-order valence-corrected chi connectivity index (χ0v) is 16.1. The van der Waals surface area contributed by atoms with Crippen LogP contribution >= 0.6 is 11.6 Å². The lowest BCUT2D eigenvalue weighted by Crippen LogP contribution is -2.17. The third-order valence-corrected chi connectivity index (χ3v) is 4.62. The summed E-state index contributed by atoms with van der Waals surface area (Å²) < 4.78 is 16.2. The number of ether oxygens (including phenoxy) is 3. The average Bonchev–Trinajstić information content (AvgIpc) is 3.22. The van der Waals surface area contributed by atoms with Crippen LogP contribution in [0.5, 0.6) is 17.2 Å². The molecule has 0 unspecified atom stereocenters. The number of halogens is 1.